The van der Waals surface area contributed by atoms with Gasteiger partial charge in [-0.3, -0.25) is 19.3 Å². The van der Waals surface area contributed by atoms with E-state index in [1.54, 1.807) is 29.5 Å². The van der Waals surface area contributed by atoms with Crippen molar-refractivity contribution in [1.29, 1.82) is 0 Å². The lowest BCUT2D eigenvalue weighted by atomic mass is 10.0. The van der Waals surface area contributed by atoms with E-state index in [1.165, 1.54) is 15.2 Å². The van der Waals surface area contributed by atoms with Gasteiger partial charge in [-0.15, -0.1) is 0 Å². The fraction of sp³-hybridized carbons (Fsp3) is 0.385. The molecule has 176 valence electrons. The molecular weight excluding hydrogens is 448 g/mol. The number of benzene rings is 2. The zero-order chi connectivity index (χ0) is 24.0. The number of carbonyl (C=O) groups is 3. The Balaban J connectivity index is 1.28. The largest absolute Gasteiger partial charge is 0.345 e. The summed E-state index contributed by atoms with van der Waals surface area (Å²) in [6, 6.07) is 11.1. The Labute approximate surface area is 203 Å². The number of hydrogen-bond acceptors (Lipinski definition) is 6. The zero-order valence-electron chi connectivity index (χ0n) is 19.7. The molecule has 0 saturated carbocycles. The molecular formula is C26H28N4O3S. The molecule has 7 nitrogen and oxygen atoms in total. The Morgan fingerprint density at radius 3 is 2.44 bits per heavy atom. The van der Waals surface area contributed by atoms with Crippen LogP contribution in [0.3, 0.4) is 0 Å². The molecule has 0 radical (unpaired) electrons. The first kappa shape index (κ1) is 22.5. The maximum atomic E-state index is 13.2. The molecule has 8 heteroatoms. The van der Waals surface area contributed by atoms with Crippen LogP contribution in [0.2, 0.25) is 0 Å². The van der Waals surface area contributed by atoms with Crippen molar-refractivity contribution in [3.05, 3.63) is 58.7 Å². The fourth-order valence-electron chi connectivity index (χ4n) is 4.57. The molecule has 5 rings (SSSR count). The van der Waals surface area contributed by atoms with Crippen molar-refractivity contribution in [3.63, 3.8) is 0 Å². The van der Waals surface area contributed by atoms with Crippen molar-refractivity contribution in [2.24, 2.45) is 0 Å². The molecule has 1 fully saturated rings. The van der Waals surface area contributed by atoms with E-state index in [2.05, 4.69) is 30.0 Å². The molecule has 34 heavy (non-hydrogen) atoms. The molecule has 3 amide bonds. The van der Waals surface area contributed by atoms with Gasteiger partial charge >= 0.3 is 0 Å². The third kappa shape index (κ3) is 3.76. The predicted octanol–water partition coefficient (Wildman–Crippen LogP) is 4.22. The van der Waals surface area contributed by atoms with Crippen LogP contribution in [0.5, 0.6) is 0 Å². The number of hydrogen-bond donors (Lipinski definition) is 0. The Kier molecular flexibility index (Phi) is 5.85. The lowest BCUT2D eigenvalue weighted by Gasteiger charge is -2.34. The first-order valence-electron chi connectivity index (χ1n) is 11.9. The topological polar surface area (TPSA) is 73.8 Å². The summed E-state index contributed by atoms with van der Waals surface area (Å²) >= 11 is 1.69. The van der Waals surface area contributed by atoms with Gasteiger partial charge < -0.3 is 9.80 Å². The van der Waals surface area contributed by atoms with Gasteiger partial charge in [-0.2, -0.15) is 0 Å². The van der Waals surface area contributed by atoms with Gasteiger partial charge in [-0.05, 0) is 55.7 Å². The Bertz CT molecular complexity index is 1290. The van der Waals surface area contributed by atoms with E-state index in [0.29, 0.717) is 49.3 Å². The molecule has 0 bridgehead atoms. The first-order valence-corrected chi connectivity index (χ1v) is 12.7. The van der Waals surface area contributed by atoms with Gasteiger partial charge in [0.2, 0.25) is 0 Å². The minimum atomic E-state index is -0.309. The molecule has 2 aliphatic heterocycles. The monoisotopic (exact) mass is 476 g/mol. The van der Waals surface area contributed by atoms with Crippen LogP contribution in [0.15, 0.2) is 36.4 Å². The summed E-state index contributed by atoms with van der Waals surface area (Å²) < 4.78 is 1.19. The van der Waals surface area contributed by atoms with E-state index in [4.69, 9.17) is 4.98 Å². The quantitative estimate of drug-likeness (QED) is 0.516. The van der Waals surface area contributed by atoms with Crippen LogP contribution >= 0.6 is 11.3 Å². The van der Waals surface area contributed by atoms with Crippen molar-refractivity contribution in [2.45, 2.75) is 39.7 Å². The maximum Gasteiger partial charge on any atom is 0.261 e. The number of aromatic nitrogens is 1. The molecule has 2 aliphatic rings. The second kappa shape index (κ2) is 8.83. The van der Waals surface area contributed by atoms with E-state index in [0.717, 1.165) is 17.1 Å². The molecule has 0 spiro atoms. The second-order valence-corrected chi connectivity index (χ2v) is 9.94. The minimum Gasteiger partial charge on any atom is -0.345 e. The van der Waals surface area contributed by atoms with Crippen molar-refractivity contribution in [2.75, 3.05) is 31.1 Å². The van der Waals surface area contributed by atoms with Gasteiger partial charge in [-0.25, -0.2) is 4.98 Å². The third-order valence-electron chi connectivity index (χ3n) is 6.88. The lowest BCUT2D eigenvalue weighted by molar-refractivity contribution is 0.0593. The molecule has 0 aliphatic carbocycles. The third-order valence-corrected chi connectivity index (χ3v) is 7.96. The van der Waals surface area contributed by atoms with Gasteiger partial charge in [0.25, 0.3) is 17.7 Å². The summed E-state index contributed by atoms with van der Waals surface area (Å²) in [5.41, 5.74) is 3.48. The molecule has 1 unspecified atom stereocenters. The van der Waals surface area contributed by atoms with E-state index in [1.807, 2.05) is 18.7 Å². The fourth-order valence-corrected chi connectivity index (χ4v) is 5.65. The SMILES string of the molecule is CCc1ccc2nc(N3CCN(C(=O)c4ccc5c(c4)C(=O)N(C(C)CC)C5=O)CC3)sc2c1. The molecule has 2 aromatic carbocycles. The van der Waals surface area contributed by atoms with Gasteiger partial charge in [0.1, 0.15) is 0 Å². The Morgan fingerprint density at radius 1 is 1.00 bits per heavy atom. The highest BCUT2D eigenvalue weighted by Crippen LogP contribution is 2.31. The zero-order valence-corrected chi connectivity index (χ0v) is 20.5. The summed E-state index contributed by atoms with van der Waals surface area (Å²) in [5.74, 6) is -0.693. The summed E-state index contributed by atoms with van der Waals surface area (Å²) in [5, 5.41) is 0.988. The normalized spacial score (nSPS) is 17.0. The van der Waals surface area contributed by atoms with Crippen LogP contribution in [-0.4, -0.2) is 64.7 Å². The summed E-state index contributed by atoms with van der Waals surface area (Å²) in [6.07, 6.45) is 1.69. The number of imide groups is 1. The number of amides is 3. The molecule has 3 heterocycles. The summed E-state index contributed by atoms with van der Waals surface area (Å²) in [6.45, 7) is 8.53. The average Bonchev–Trinajstić information content (AvgIpc) is 3.41. The lowest BCUT2D eigenvalue weighted by Crippen LogP contribution is -2.48. The van der Waals surface area contributed by atoms with E-state index >= 15 is 0 Å². The van der Waals surface area contributed by atoms with Crippen LogP contribution in [0.25, 0.3) is 10.2 Å². The highest BCUT2D eigenvalue weighted by molar-refractivity contribution is 7.22. The number of fused-ring (bicyclic) bond motifs is 2. The molecule has 1 aromatic heterocycles. The Hall–Kier alpha value is -3.26. The van der Waals surface area contributed by atoms with E-state index < -0.39 is 0 Å². The smallest absolute Gasteiger partial charge is 0.261 e. The highest BCUT2D eigenvalue weighted by atomic mass is 32.1. The van der Waals surface area contributed by atoms with Crippen molar-refractivity contribution in [3.8, 4) is 0 Å². The van der Waals surface area contributed by atoms with Crippen molar-refractivity contribution in [1.82, 2.24) is 14.8 Å². The van der Waals surface area contributed by atoms with Gasteiger partial charge in [0, 0.05) is 37.8 Å². The maximum absolute atomic E-state index is 13.2. The van der Waals surface area contributed by atoms with Gasteiger partial charge in [0.15, 0.2) is 5.13 Å². The van der Waals surface area contributed by atoms with Crippen molar-refractivity contribution < 1.29 is 14.4 Å². The van der Waals surface area contributed by atoms with Crippen LogP contribution in [-0.2, 0) is 6.42 Å². The number of piperazine rings is 1. The Morgan fingerprint density at radius 2 is 1.74 bits per heavy atom. The van der Waals surface area contributed by atoms with Crippen LogP contribution < -0.4 is 4.90 Å². The highest BCUT2D eigenvalue weighted by Gasteiger charge is 2.38. The number of rotatable bonds is 5. The van der Waals surface area contributed by atoms with E-state index in [-0.39, 0.29) is 23.8 Å². The number of aryl methyl sites for hydroxylation is 1. The minimum absolute atomic E-state index is 0.110. The number of nitrogens with zero attached hydrogens (tertiary/aromatic N) is 4. The number of anilines is 1. The van der Waals surface area contributed by atoms with Gasteiger partial charge in [0.05, 0.1) is 21.3 Å². The molecule has 0 N–H and O–H groups in total. The van der Waals surface area contributed by atoms with Crippen LogP contribution in [0, 0.1) is 0 Å². The number of carbonyl (C=O) groups excluding carboxylic acids is 3. The summed E-state index contributed by atoms with van der Waals surface area (Å²) in [4.78, 5) is 48.8. The van der Waals surface area contributed by atoms with E-state index in [9.17, 15) is 14.4 Å². The average molecular weight is 477 g/mol. The number of thiazole rings is 1. The molecule has 3 aromatic rings. The van der Waals surface area contributed by atoms with Gasteiger partial charge in [-0.1, -0.05) is 31.3 Å². The van der Waals surface area contributed by atoms with Crippen molar-refractivity contribution >= 4 is 44.4 Å². The summed E-state index contributed by atoms with van der Waals surface area (Å²) in [7, 11) is 0. The molecule has 1 saturated heterocycles. The first-order chi connectivity index (χ1) is 16.4. The molecule has 1 atom stereocenters. The predicted molar refractivity (Wildman–Crippen MR) is 134 cm³/mol. The second-order valence-electron chi connectivity index (χ2n) is 8.93. The van der Waals surface area contributed by atoms with Crippen LogP contribution in [0.1, 0.15) is 63.8 Å². The van der Waals surface area contributed by atoms with Crippen LogP contribution in [0.4, 0.5) is 5.13 Å². The standard InChI is InChI=1S/C26H28N4O3S/c1-4-16(3)30-24(32)19-8-7-18(15-20(19)25(30)33)23(31)28-10-12-29(13-11-28)26-27-21-9-6-17(5-2)14-22(21)34-26/h6-9,14-16H,4-5,10-13H2,1-3H3.